The molecule has 3 saturated carbocycles. The molecule has 0 bridgehead atoms. The van der Waals surface area contributed by atoms with E-state index in [0.29, 0.717) is 24.4 Å². The highest BCUT2D eigenvalue weighted by atomic mass is 16.5. The lowest BCUT2D eigenvalue weighted by Gasteiger charge is -2.70. The van der Waals surface area contributed by atoms with Crippen LogP contribution < -0.4 is 0 Å². The fourth-order valence-corrected chi connectivity index (χ4v) is 11.3. The second-order valence-corrected chi connectivity index (χ2v) is 15.8. The first-order valence-electron chi connectivity index (χ1n) is 15.2. The molecule has 4 nitrogen and oxygen atoms in total. The highest BCUT2D eigenvalue weighted by molar-refractivity contribution is 5.78. The Morgan fingerprint density at radius 2 is 1.76 bits per heavy atom. The third kappa shape index (κ3) is 3.14. The zero-order valence-electron chi connectivity index (χ0n) is 24.7. The highest BCUT2D eigenvalue weighted by Crippen LogP contribution is 2.75. The van der Waals surface area contributed by atoms with Crippen LogP contribution >= 0.6 is 0 Å². The van der Waals surface area contributed by atoms with E-state index >= 15 is 0 Å². The Labute approximate surface area is 224 Å². The zero-order chi connectivity index (χ0) is 26.6. The van der Waals surface area contributed by atoms with Crippen molar-refractivity contribution in [3.05, 3.63) is 29.1 Å². The van der Waals surface area contributed by atoms with Crippen molar-refractivity contribution in [3.8, 4) is 0 Å². The van der Waals surface area contributed by atoms with Crippen molar-refractivity contribution in [3.63, 3.8) is 0 Å². The van der Waals surface area contributed by atoms with Gasteiger partial charge in [-0.1, -0.05) is 60.1 Å². The smallest absolute Gasteiger partial charge is 0.312 e. The summed E-state index contributed by atoms with van der Waals surface area (Å²) >= 11 is 0. The Bertz CT molecular complexity index is 1140. The number of nitrogens with one attached hydrogen (secondary N) is 1. The molecule has 3 fully saturated rings. The summed E-state index contributed by atoms with van der Waals surface area (Å²) < 4.78 is 5.81. The van der Waals surface area contributed by atoms with Crippen LogP contribution in [0.5, 0.6) is 0 Å². The van der Waals surface area contributed by atoms with E-state index in [4.69, 9.17) is 4.74 Å². The van der Waals surface area contributed by atoms with Crippen LogP contribution in [-0.4, -0.2) is 22.8 Å². The second-order valence-electron chi connectivity index (χ2n) is 15.8. The molecule has 1 N–H and O–H groups in total. The predicted octanol–water partition coefficient (Wildman–Crippen LogP) is 7.79. The van der Waals surface area contributed by atoms with Crippen LogP contribution in [-0.2, 0) is 21.4 Å². The topological polar surface area (TPSA) is 55.0 Å². The van der Waals surface area contributed by atoms with Gasteiger partial charge in [0.25, 0.3) is 0 Å². The molecule has 5 aliphatic rings. The number of nitrogens with zero attached hydrogens (tertiary/aromatic N) is 1. The van der Waals surface area contributed by atoms with Crippen molar-refractivity contribution in [2.45, 2.75) is 119 Å². The average molecular weight is 507 g/mol. The van der Waals surface area contributed by atoms with Crippen molar-refractivity contribution >= 4 is 5.97 Å². The van der Waals surface area contributed by atoms with Gasteiger partial charge in [0.05, 0.1) is 18.2 Å². The van der Waals surface area contributed by atoms with Crippen molar-refractivity contribution in [1.29, 1.82) is 0 Å². The molecule has 6 rings (SSSR count). The molecule has 7 atom stereocenters. The van der Waals surface area contributed by atoms with Crippen LogP contribution in [0.2, 0.25) is 0 Å². The molecule has 37 heavy (non-hydrogen) atoms. The summed E-state index contributed by atoms with van der Waals surface area (Å²) in [6, 6.07) is 0. The molecule has 0 unspecified atom stereocenters. The summed E-state index contributed by atoms with van der Waals surface area (Å²) in [5.74, 6) is 1.70. The number of carbonyl (C=O) groups is 1. The summed E-state index contributed by atoms with van der Waals surface area (Å²) in [4.78, 5) is 13.7. The molecular weight excluding hydrogens is 456 g/mol. The van der Waals surface area contributed by atoms with Crippen LogP contribution in [0.4, 0.5) is 0 Å². The lowest BCUT2D eigenvalue weighted by atomic mass is 9.33. The van der Waals surface area contributed by atoms with Gasteiger partial charge in [0.2, 0.25) is 0 Å². The van der Waals surface area contributed by atoms with Gasteiger partial charge in [-0.15, -0.1) is 0 Å². The fraction of sp³-hybridized carbons (Fsp3) is 0.818. The maximum Gasteiger partial charge on any atom is 0.312 e. The van der Waals surface area contributed by atoms with E-state index in [1.54, 1.807) is 5.57 Å². The molecular formula is C33H50N2O2. The average Bonchev–Trinajstić information content (AvgIpc) is 3.28. The molecule has 0 radical (unpaired) electrons. The molecule has 5 aliphatic carbocycles. The van der Waals surface area contributed by atoms with Gasteiger partial charge >= 0.3 is 5.97 Å². The third-order valence-corrected chi connectivity index (χ3v) is 13.4. The number of aromatic amines is 1. The standard InChI is InChI=1S/C33H50N2O2/c1-9-37-27(36)33-16-14-28(2,3)19-23(33)22-10-11-25-30(6)18-21-20-34-35-26(21)29(4,5)24(30)12-13-32(25,8)31(22,7)15-17-33/h10,20,23-25H,9,11-19H2,1-8H3,(H,34,35)/t23-,24+,25-,30-,31+,32+,33-/m0/s1. The number of rotatable bonds is 2. The Morgan fingerprint density at radius 1 is 1.03 bits per heavy atom. The van der Waals surface area contributed by atoms with Gasteiger partial charge in [0.1, 0.15) is 0 Å². The Hall–Kier alpha value is -1.58. The minimum absolute atomic E-state index is 0.0860. The lowest BCUT2D eigenvalue weighted by molar-refractivity contribution is -0.181. The minimum atomic E-state index is -0.320. The van der Waals surface area contributed by atoms with Crippen LogP contribution in [0.3, 0.4) is 0 Å². The first-order chi connectivity index (χ1) is 17.3. The maximum absolute atomic E-state index is 13.7. The van der Waals surface area contributed by atoms with E-state index in [1.807, 2.05) is 6.92 Å². The summed E-state index contributed by atoms with van der Waals surface area (Å²) in [7, 11) is 0. The van der Waals surface area contributed by atoms with Gasteiger partial charge in [-0.3, -0.25) is 9.89 Å². The Kier molecular flexibility index (Phi) is 5.38. The fourth-order valence-electron chi connectivity index (χ4n) is 11.3. The van der Waals surface area contributed by atoms with Gasteiger partial charge in [0, 0.05) is 11.1 Å². The normalized spacial score (nSPS) is 45.3. The summed E-state index contributed by atoms with van der Waals surface area (Å²) in [5.41, 5.74) is 5.13. The van der Waals surface area contributed by atoms with Gasteiger partial charge in [-0.25, -0.2) is 0 Å². The van der Waals surface area contributed by atoms with E-state index in [-0.39, 0.29) is 38.5 Å². The number of carbonyl (C=O) groups excluding carboxylic acids is 1. The molecule has 4 heteroatoms. The van der Waals surface area contributed by atoms with Crippen LogP contribution in [0.25, 0.3) is 0 Å². The first kappa shape index (κ1) is 25.7. The molecule has 1 aromatic heterocycles. The SMILES string of the molecule is CCOC(=O)[C@]12CCC(C)(C)C[C@H]1C1=CC[C@H]3[C@@]4(C)Cc5cn[nH]c5C(C)(C)[C@H]4CC[C@@]3(C)[C@]1(C)CC2. The number of aromatic nitrogens is 2. The number of H-pyrrole nitrogens is 1. The maximum atomic E-state index is 13.7. The lowest BCUT2D eigenvalue weighted by Crippen LogP contribution is -2.64. The molecule has 0 spiro atoms. The summed E-state index contributed by atoms with van der Waals surface area (Å²) in [6.07, 6.45) is 14.9. The number of ether oxygens (including phenoxy) is 1. The van der Waals surface area contributed by atoms with Gasteiger partial charge in [0.15, 0.2) is 0 Å². The Morgan fingerprint density at radius 3 is 2.49 bits per heavy atom. The van der Waals surface area contributed by atoms with E-state index in [9.17, 15) is 4.79 Å². The van der Waals surface area contributed by atoms with Gasteiger partial charge < -0.3 is 4.74 Å². The number of esters is 1. The number of allylic oxidation sites excluding steroid dienone is 2. The first-order valence-corrected chi connectivity index (χ1v) is 15.2. The second kappa shape index (κ2) is 7.75. The van der Waals surface area contributed by atoms with E-state index in [2.05, 4.69) is 70.9 Å². The van der Waals surface area contributed by atoms with E-state index in [0.717, 1.165) is 44.9 Å². The van der Waals surface area contributed by atoms with Crippen molar-refractivity contribution < 1.29 is 9.53 Å². The third-order valence-electron chi connectivity index (χ3n) is 13.4. The minimum Gasteiger partial charge on any atom is -0.466 e. The van der Waals surface area contributed by atoms with Crippen LogP contribution in [0.15, 0.2) is 17.8 Å². The molecule has 1 heterocycles. The molecule has 0 aromatic carbocycles. The number of fused-ring (bicyclic) bond motifs is 8. The predicted molar refractivity (Wildman–Crippen MR) is 148 cm³/mol. The Balaban J connectivity index is 1.45. The van der Waals surface area contributed by atoms with Crippen molar-refractivity contribution in [2.24, 2.45) is 44.8 Å². The van der Waals surface area contributed by atoms with Crippen LogP contribution in [0, 0.1) is 44.8 Å². The van der Waals surface area contributed by atoms with E-state index < -0.39 is 0 Å². The van der Waals surface area contributed by atoms with Gasteiger partial charge in [-0.05, 0) is 110 Å². The highest BCUT2D eigenvalue weighted by Gasteiger charge is 2.69. The van der Waals surface area contributed by atoms with Gasteiger partial charge in [-0.2, -0.15) is 5.10 Å². The van der Waals surface area contributed by atoms with Crippen LogP contribution in [0.1, 0.15) is 118 Å². The summed E-state index contributed by atoms with van der Waals surface area (Å²) in [6.45, 7) is 20.1. The van der Waals surface area contributed by atoms with E-state index in [1.165, 1.54) is 24.1 Å². The molecule has 204 valence electrons. The molecule has 1 aromatic rings. The summed E-state index contributed by atoms with van der Waals surface area (Å²) in [5, 5.41) is 7.90. The molecule has 0 amide bonds. The molecule has 0 saturated heterocycles. The quantitative estimate of drug-likeness (QED) is 0.329. The van der Waals surface area contributed by atoms with Crippen molar-refractivity contribution in [1.82, 2.24) is 10.2 Å². The van der Waals surface area contributed by atoms with Crippen molar-refractivity contribution in [2.75, 3.05) is 6.61 Å². The monoisotopic (exact) mass is 506 g/mol. The number of hydrogen-bond acceptors (Lipinski definition) is 3. The molecule has 0 aliphatic heterocycles. The zero-order valence-corrected chi connectivity index (χ0v) is 24.7. The number of hydrogen-bond donors (Lipinski definition) is 1. The largest absolute Gasteiger partial charge is 0.466 e.